The van der Waals surface area contributed by atoms with Crippen LogP contribution in [0.1, 0.15) is 6.42 Å². The Morgan fingerprint density at radius 1 is 1.00 bits per heavy atom. The van der Waals surface area contributed by atoms with Crippen LogP contribution in [0.25, 0.3) is 0 Å². The van der Waals surface area contributed by atoms with E-state index in [0.29, 0.717) is 11.4 Å². The number of amides is 1. The van der Waals surface area contributed by atoms with Crippen LogP contribution >= 0.6 is 0 Å². The van der Waals surface area contributed by atoms with E-state index in [1.165, 1.54) is 19.2 Å². The Morgan fingerprint density at radius 2 is 1.67 bits per heavy atom. The predicted octanol–water partition coefficient (Wildman–Crippen LogP) is 1.55. The first kappa shape index (κ1) is 20.4. The fourth-order valence-corrected chi connectivity index (χ4v) is 3.11. The van der Waals surface area contributed by atoms with Crippen molar-refractivity contribution in [3.8, 4) is 5.75 Å². The standard InChI is InChI=1S/C18H20N2O6S/c1-25-15-9-7-14(8-10-15)20-17(21)13-26-18(22)11-12-19-27(23,24)16-5-3-2-4-6-16/h2-10,19H,11-13H2,1H3,(H,20,21). The third-order valence-corrected chi connectivity index (χ3v) is 4.89. The van der Waals surface area contributed by atoms with Crippen LogP contribution in [0.15, 0.2) is 59.5 Å². The van der Waals surface area contributed by atoms with Crippen molar-refractivity contribution in [1.29, 1.82) is 0 Å². The van der Waals surface area contributed by atoms with Gasteiger partial charge in [-0.05, 0) is 36.4 Å². The van der Waals surface area contributed by atoms with Gasteiger partial charge in [0, 0.05) is 12.2 Å². The van der Waals surface area contributed by atoms with Gasteiger partial charge in [-0.25, -0.2) is 13.1 Å². The summed E-state index contributed by atoms with van der Waals surface area (Å²) < 4.78 is 36.1. The van der Waals surface area contributed by atoms with Crippen LogP contribution in [0.2, 0.25) is 0 Å². The molecule has 2 rings (SSSR count). The molecule has 2 aromatic carbocycles. The van der Waals surface area contributed by atoms with Crippen LogP contribution in [-0.4, -0.2) is 40.6 Å². The van der Waals surface area contributed by atoms with E-state index in [0.717, 1.165) is 0 Å². The molecule has 0 saturated carbocycles. The quantitative estimate of drug-likeness (QED) is 0.627. The Hall–Kier alpha value is -2.91. The average Bonchev–Trinajstić information content (AvgIpc) is 2.67. The van der Waals surface area contributed by atoms with Gasteiger partial charge in [0.15, 0.2) is 6.61 Å². The molecule has 0 aliphatic carbocycles. The van der Waals surface area contributed by atoms with Gasteiger partial charge in [-0.3, -0.25) is 9.59 Å². The molecule has 1 amide bonds. The summed E-state index contributed by atoms with van der Waals surface area (Å²) in [6.07, 6.45) is -0.193. The fourth-order valence-electron chi connectivity index (χ4n) is 2.06. The number of hydrogen-bond donors (Lipinski definition) is 2. The number of esters is 1. The van der Waals surface area contributed by atoms with Crippen molar-refractivity contribution in [2.75, 3.05) is 25.6 Å². The number of rotatable bonds is 9. The van der Waals surface area contributed by atoms with E-state index in [4.69, 9.17) is 9.47 Å². The lowest BCUT2D eigenvalue weighted by Crippen LogP contribution is -2.27. The SMILES string of the molecule is COc1ccc(NC(=O)COC(=O)CCNS(=O)(=O)c2ccccc2)cc1. The molecule has 2 aromatic rings. The first-order valence-electron chi connectivity index (χ1n) is 8.05. The largest absolute Gasteiger partial charge is 0.497 e. The summed E-state index contributed by atoms with van der Waals surface area (Å²) in [6, 6.07) is 14.5. The molecule has 0 atom stereocenters. The maximum atomic E-state index is 12.0. The van der Waals surface area contributed by atoms with Gasteiger partial charge < -0.3 is 14.8 Å². The molecule has 8 nitrogen and oxygen atoms in total. The topological polar surface area (TPSA) is 111 Å². The fraction of sp³-hybridized carbons (Fsp3) is 0.222. The van der Waals surface area contributed by atoms with Crippen molar-refractivity contribution in [3.05, 3.63) is 54.6 Å². The number of hydrogen-bond acceptors (Lipinski definition) is 6. The molecular weight excluding hydrogens is 372 g/mol. The molecule has 9 heteroatoms. The zero-order valence-electron chi connectivity index (χ0n) is 14.7. The highest BCUT2D eigenvalue weighted by atomic mass is 32.2. The van der Waals surface area contributed by atoms with Crippen LogP contribution in [0, 0.1) is 0 Å². The lowest BCUT2D eigenvalue weighted by atomic mass is 10.3. The molecule has 0 radical (unpaired) electrons. The Balaban J connectivity index is 1.70. The van der Waals surface area contributed by atoms with E-state index >= 15 is 0 Å². The summed E-state index contributed by atoms with van der Waals surface area (Å²) >= 11 is 0. The molecule has 0 heterocycles. The molecule has 0 aliphatic rings. The molecule has 27 heavy (non-hydrogen) atoms. The van der Waals surface area contributed by atoms with Gasteiger partial charge in [0.1, 0.15) is 5.75 Å². The van der Waals surface area contributed by atoms with Gasteiger partial charge in [0.05, 0.1) is 18.4 Å². The third-order valence-electron chi connectivity index (χ3n) is 3.41. The van der Waals surface area contributed by atoms with E-state index in [1.807, 2.05) is 0 Å². The van der Waals surface area contributed by atoms with Crippen molar-refractivity contribution in [2.24, 2.45) is 0 Å². The molecule has 0 fully saturated rings. The lowest BCUT2D eigenvalue weighted by molar-refractivity contribution is -0.147. The Kier molecular flexibility index (Phi) is 7.33. The van der Waals surface area contributed by atoms with E-state index in [-0.39, 0.29) is 17.9 Å². The number of methoxy groups -OCH3 is 1. The summed E-state index contributed by atoms with van der Waals surface area (Å²) in [5, 5.41) is 2.57. The minimum absolute atomic E-state index is 0.109. The molecule has 2 N–H and O–H groups in total. The van der Waals surface area contributed by atoms with Crippen molar-refractivity contribution < 1.29 is 27.5 Å². The Labute approximate surface area is 157 Å². The number of nitrogens with one attached hydrogen (secondary N) is 2. The highest BCUT2D eigenvalue weighted by Crippen LogP contribution is 2.14. The van der Waals surface area contributed by atoms with Crippen molar-refractivity contribution in [2.45, 2.75) is 11.3 Å². The van der Waals surface area contributed by atoms with Crippen molar-refractivity contribution in [1.82, 2.24) is 4.72 Å². The first-order chi connectivity index (χ1) is 12.9. The normalized spacial score (nSPS) is 10.9. The summed E-state index contributed by atoms with van der Waals surface area (Å²) in [6.45, 7) is -0.591. The van der Waals surface area contributed by atoms with Crippen LogP contribution in [-0.2, 0) is 24.3 Å². The van der Waals surface area contributed by atoms with E-state index < -0.39 is 28.5 Å². The van der Waals surface area contributed by atoms with E-state index in [1.54, 1.807) is 42.5 Å². The summed E-state index contributed by atoms with van der Waals surface area (Å²) in [5.41, 5.74) is 0.535. The second kappa shape index (κ2) is 9.70. The molecular formula is C18H20N2O6S. The predicted molar refractivity (Wildman–Crippen MR) is 98.8 cm³/mol. The minimum atomic E-state index is -3.68. The molecule has 0 bridgehead atoms. The van der Waals surface area contributed by atoms with Gasteiger partial charge in [0.25, 0.3) is 5.91 Å². The van der Waals surface area contributed by atoms with Crippen molar-refractivity contribution >= 4 is 27.6 Å². The first-order valence-corrected chi connectivity index (χ1v) is 9.53. The Bertz CT molecular complexity index is 866. The molecule has 0 aliphatic heterocycles. The maximum absolute atomic E-state index is 12.0. The van der Waals surface area contributed by atoms with Crippen LogP contribution in [0.3, 0.4) is 0 Å². The summed E-state index contributed by atoms with van der Waals surface area (Å²) in [5.74, 6) is -0.536. The maximum Gasteiger partial charge on any atom is 0.307 e. The number of anilines is 1. The monoisotopic (exact) mass is 392 g/mol. The van der Waals surface area contributed by atoms with E-state index in [2.05, 4.69) is 10.0 Å². The second-order valence-electron chi connectivity index (χ2n) is 5.40. The number of carbonyl (C=O) groups is 2. The number of benzene rings is 2. The molecule has 0 saturated heterocycles. The van der Waals surface area contributed by atoms with E-state index in [9.17, 15) is 18.0 Å². The minimum Gasteiger partial charge on any atom is -0.497 e. The van der Waals surface area contributed by atoms with Crippen molar-refractivity contribution in [3.63, 3.8) is 0 Å². The number of sulfonamides is 1. The van der Waals surface area contributed by atoms with Crippen LogP contribution in [0.5, 0.6) is 5.75 Å². The second-order valence-corrected chi connectivity index (χ2v) is 7.17. The summed E-state index contributed by atoms with van der Waals surface area (Å²) in [4.78, 5) is 23.5. The highest BCUT2D eigenvalue weighted by molar-refractivity contribution is 7.89. The molecule has 0 unspecified atom stereocenters. The van der Waals surface area contributed by atoms with Gasteiger partial charge in [-0.15, -0.1) is 0 Å². The number of carbonyl (C=O) groups excluding carboxylic acids is 2. The zero-order valence-corrected chi connectivity index (χ0v) is 15.5. The van der Waals surface area contributed by atoms with Gasteiger partial charge in [0.2, 0.25) is 10.0 Å². The number of ether oxygens (including phenoxy) is 2. The van der Waals surface area contributed by atoms with Gasteiger partial charge in [-0.1, -0.05) is 18.2 Å². The Morgan fingerprint density at radius 3 is 2.30 bits per heavy atom. The molecule has 0 spiro atoms. The van der Waals surface area contributed by atoms with Crippen LogP contribution in [0.4, 0.5) is 5.69 Å². The third kappa shape index (κ3) is 6.72. The van der Waals surface area contributed by atoms with Gasteiger partial charge in [-0.2, -0.15) is 0 Å². The smallest absolute Gasteiger partial charge is 0.307 e. The van der Waals surface area contributed by atoms with Gasteiger partial charge >= 0.3 is 5.97 Å². The summed E-state index contributed by atoms with van der Waals surface area (Å²) in [7, 11) is -2.15. The molecule has 0 aromatic heterocycles. The van der Waals surface area contributed by atoms with Crippen LogP contribution < -0.4 is 14.8 Å². The molecule has 144 valence electrons. The zero-order chi connectivity index (χ0) is 19.7. The average molecular weight is 392 g/mol. The lowest BCUT2D eigenvalue weighted by Gasteiger charge is -2.08. The highest BCUT2D eigenvalue weighted by Gasteiger charge is 2.14.